The summed E-state index contributed by atoms with van der Waals surface area (Å²) in [6.07, 6.45) is 2.12. The Morgan fingerprint density at radius 3 is 2.36 bits per heavy atom. The molecule has 3 heteroatoms. The molecule has 1 rings (SSSR count). The topological polar surface area (TPSA) is 0 Å². The van der Waals surface area contributed by atoms with E-state index in [0.717, 1.165) is 11.0 Å². The van der Waals surface area contributed by atoms with Crippen LogP contribution >= 0.6 is 11.8 Å². The fraction of sp³-hybridized carbons (Fsp3) is 0.455. The average Bonchev–Trinajstić information content (AvgIpc) is 2.01. The Labute approximate surface area is 108 Å². The lowest BCUT2D eigenvalue weighted by atomic mass is 10.2. The summed E-state index contributed by atoms with van der Waals surface area (Å²) >= 11 is 1.80. The van der Waals surface area contributed by atoms with Crippen LogP contribution in [0.1, 0.15) is 5.56 Å². The summed E-state index contributed by atoms with van der Waals surface area (Å²) in [6.45, 7) is 1.09. The van der Waals surface area contributed by atoms with Gasteiger partial charge < -0.3 is 28.5 Å². The van der Waals surface area contributed by atoms with Gasteiger partial charge in [0.05, 0.1) is 21.1 Å². The zero-order chi connectivity index (χ0) is 9.90. The number of nitrogens with zero attached hydrogens (tertiary/aromatic N) is 1. The Hall–Kier alpha value is 0.260. The van der Waals surface area contributed by atoms with Crippen LogP contribution in [-0.4, -0.2) is 31.9 Å². The van der Waals surface area contributed by atoms with Crippen molar-refractivity contribution in [2.45, 2.75) is 11.4 Å². The molecule has 0 saturated heterocycles. The third-order valence-corrected chi connectivity index (χ3v) is 2.52. The quantitative estimate of drug-likeness (QED) is 0.415. The second kappa shape index (κ2) is 5.98. The van der Waals surface area contributed by atoms with Crippen LogP contribution in [0.5, 0.6) is 0 Å². The van der Waals surface area contributed by atoms with E-state index >= 15 is 0 Å². The largest absolute Gasteiger partial charge is 1.00 e. The zero-order valence-electron chi connectivity index (χ0n) is 9.25. The van der Waals surface area contributed by atoms with Crippen molar-refractivity contribution in [2.24, 2.45) is 0 Å². The lowest BCUT2D eigenvalue weighted by molar-refractivity contribution is -0.884. The minimum atomic E-state index is 0. The summed E-state index contributed by atoms with van der Waals surface area (Å²) in [5.74, 6) is 0. The van der Waals surface area contributed by atoms with E-state index in [1.807, 2.05) is 0 Å². The summed E-state index contributed by atoms with van der Waals surface area (Å²) in [5, 5.41) is 0. The van der Waals surface area contributed by atoms with Crippen molar-refractivity contribution in [3.63, 3.8) is 0 Å². The molecule has 0 unspecified atom stereocenters. The van der Waals surface area contributed by atoms with E-state index in [-0.39, 0.29) is 24.0 Å². The zero-order valence-corrected chi connectivity index (χ0v) is 12.2. The van der Waals surface area contributed by atoms with Gasteiger partial charge in [0.15, 0.2) is 0 Å². The normalized spacial score (nSPS) is 10.9. The highest BCUT2D eigenvalue weighted by molar-refractivity contribution is 7.98. The van der Waals surface area contributed by atoms with Crippen molar-refractivity contribution in [3.8, 4) is 0 Å². The highest BCUT2D eigenvalue weighted by Gasteiger charge is 2.08. The Morgan fingerprint density at radius 2 is 1.86 bits per heavy atom. The molecule has 0 heterocycles. The molecule has 0 bridgehead atoms. The lowest BCUT2D eigenvalue weighted by Gasteiger charge is -2.24. The van der Waals surface area contributed by atoms with Crippen molar-refractivity contribution in [1.82, 2.24) is 0 Å². The maximum absolute atomic E-state index is 2.27. The molecule has 0 atom stereocenters. The van der Waals surface area contributed by atoms with E-state index in [2.05, 4.69) is 51.7 Å². The molecule has 0 radical (unpaired) electrons. The molecular formula is C11H18INS. The Balaban J connectivity index is 0.00000169. The van der Waals surface area contributed by atoms with Crippen molar-refractivity contribution in [1.29, 1.82) is 0 Å². The molecule has 0 saturated carbocycles. The molecule has 1 aromatic carbocycles. The van der Waals surface area contributed by atoms with Crippen LogP contribution < -0.4 is 24.0 Å². The Bertz CT molecular complexity index is 281. The molecule has 0 aromatic heterocycles. The number of hydrogen-bond acceptors (Lipinski definition) is 1. The predicted octanol–water partition coefficient (Wildman–Crippen LogP) is -0.381. The van der Waals surface area contributed by atoms with E-state index in [4.69, 9.17) is 0 Å². The highest BCUT2D eigenvalue weighted by atomic mass is 127. The summed E-state index contributed by atoms with van der Waals surface area (Å²) in [6, 6.07) is 8.76. The monoisotopic (exact) mass is 323 g/mol. The van der Waals surface area contributed by atoms with Crippen LogP contribution in [0.15, 0.2) is 29.2 Å². The van der Waals surface area contributed by atoms with Crippen LogP contribution in [0.25, 0.3) is 0 Å². The van der Waals surface area contributed by atoms with E-state index in [1.54, 1.807) is 11.8 Å². The number of quaternary nitrogens is 1. The van der Waals surface area contributed by atoms with Crippen LogP contribution in [0.4, 0.5) is 0 Å². The number of halogens is 1. The molecule has 1 nitrogen and oxygen atoms in total. The van der Waals surface area contributed by atoms with Gasteiger partial charge in [-0.2, -0.15) is 0 Å². The number of benzene rings is 1. The van der Waals surface area contributed by atoms with Gasteiger partial charge in [0.1, 0.15) is 6.54 Å². The minimum absolute atomic E-state index is 0. The standard InChI is InChI=1S/C11H18NS.HI/c1-12(2,3)9-10-6-5-7-11(8-10)13-4;/h5-8H,9H2,1-4H3;1H/q+1;/p-1. The summed E-state index contributed by atoms with van der Waals surface area (Å²) in [5.41, 5.74) is 1.42. The first-order valence-corrected chi connectivity index (χ1v) is 5.67. The number of hydrogen-bond donors (Lipinski definition) is 0. The second-order valence-electron chi connectivity index (χ2n) is 4.30. The van der Waals surface area contributed by atoms with Gasteiger partial charge in [-0.25, -0.2) is 0 Å². The van der Waals surface area contributed by atoms with Gasteiger partial charge in [0.2, 0.25) is 0 Å². The van der Waals surface area contributed by atoms with Crippen molar-refractivity contribution in [3.05, 3.63) is 29.8 Å². The number of thioether (sulfide) groups is 1. The maximum atomic E-state index is 2.27. The molecule has 0 fully saturated rings. The van der Waals surface area contributed by atoms with Gasteiger partial charge >= 0.3 is 0 Å². The van der Waals surface area contributed by atoms with Crippen LogP contribution in [-0.2, 0) is 6.54 Å². The molecule has 1 aromatic rings. The Morgan fingerprint density at radius 1 is 1.21 bits per heavy atom. The molecule has 0 aliphatic carbocycles. The third kappa shape index (κ3) is 5.22. The molecule has 0 aliphatic heterocycles. The minimum Gasteiger partial charge on any atom is -1.00 e. The molecule has 0 aliphatic rings. The van der Waals surface area contributed by atoms with Crippen molar-refractivity contribution >= 4 is 11.8 Å². The summed E-state index contributed by atoms with van der Waals surface area (Å²) in [4.78, 5) is 1.35. The second-order valence-corrected chi connectivity index (χ2v) is 5.18. The summed E-state index contributed by atoms with van der Waals surface area (Å²) < 4.78 is 0.984. The molecule has 0 N–H and O–H groups in total. The van der Waals surface area contributed by atoms with Gasteiger partial charge in [-0.05, 0) is 18.4 Å². The lowest BCUT2D eigenvalue weighted by Crippen LogP contribution is -3.00. The molecule has 80 valence electrons. The first kappa shape index (κ1) is 14.3. The SMILES string of the molecule is CSc1cccc(C[N+](C)(C)C)c1.[I-]. The number of rotatable bonds is 3. The molecule has 14 heavy (non-hydrogen) atoms. The van der Waals surface area contributed by atoms with Crippen LogP contribution in [0.3, 0.4) is 0 Å². The molecule has 0 spiro atoms. The average molecular weight is 323 g/mol. The fourth-order valence-corrected chi connectivity index (χ4v) is 1.80. The molecular weight excluding hydrogens is 305 g/mol. The van der Waals surface area contributed by atoms with Crippen LogP contribution in [0.2, 0.25) is 0 Å². The van der Waals surface area contributed by atoms with Crippen molar-refractivity contribution < 1.29 is 28.5 Å². The van der Waals surface area contributed by atoms with Gasteiger partial charge in [-0.3, -0.25) is 0 Å². The van der Waals surface area contributed by atoms with Gasteiger partial charge in [-0.15, -0.1) is 11.8 Å². The van der Waals surface area contributed by atoms with E-state index in [0.29, 0.717) is 0 Å². The smallest absolute Gasteiger partial charge is 0.104 e. The first-order valence-electron chi connectivity index (χ1n) is 4.45. The predicted molar refractivity (Wildman–Crippen MR) is 60.0 cm³/mol. The van der Waals surface area contributed by atoms with Crippen molar-refractivity contribution in [2.75, 3.05) is 27.4 Å². The molecule has 0 amide bonds. The van der Waals surface area contributed by atoms with Crippen LogP contribution in [0, 0.1) is 0 Å². The first-order chi connectivity index (χ1) is 6.01. The van der Waals surface area contributed by atoms with Gasteiger partial charge in [-0.1, -0.05) is 12.1 Å². The summed E-state index contributed by atoms with van der Waals surface area (Å²) in [7, 11) is 6.64. The highest BCUT2D eigenvalue weighted by Crippen LogP contribution is 2.17. The van der Waals surface area contributed by atoms with Gasteiger partial charge in [0, 0.05) is 10.5 Å². The third-order valence-electron chi connectivity index (χ3n) is 1.79. The van der Waals surface area contributed by atoms with E-state index < -0.39 is 0 Å². The van der Waals surface area contributed by atoms with E-state index in [9.17, 15) is 0 Å². The van der Waals surface area contributed by atoms with E-state index in [1.165, 1.54) is 10.5 Å². The maximum Gasteiger partial charge on any atom is 0.104 e. The Kier molecular flexibility index (Phi) is 6.09. The van der Waals surface area contributed by atoms with Gasteiger partial charge in [0.25, 0.3) is 0 Å². The fourth-order valence-electron chi connectivity index (χ4n) is 1.32.